The predicted octanol–water partition coefficient (Wildman–Crippen LogP) is 1.19. The summed E-state index contributed by atoms with van der Waals surface area (Å²) in [5.74, 6) is 1.89. The third-order valence-electron chi connectivity index (χ3n) is 5.07. The van der Waals surface area contributed by atoms with Gasteiger partial charge in [0.05, 0.1) is 0 Å². The van der Waals surface area contributed by atoms with Gasteiger partial charge in [0.2, 0.25) is 5.91 Å². The first kappa shape index (κ1) is 19.0. The number of hydrogen-bond donors (Lipinski definition) is 3. The van der Waals surface area contributed by atoms with Crippen LogP contribution < -0.4 is 16.0 Å². The van der Waals surface area contributed by atoms with E-state index in [9.17, 15) is 4.79 Å². The molecule has 24 heavy (non-hydrogen) atoms. The van der Waals surface area contributed by atoms with E-state index >= 15 is 0 Å². The second kappa shape index (κ2) is 9.87. The Morgan fingerprint density at radius 3 is 2.54 bits per heavy atom. The van der Waals surface area contributed by atoms with Gasteiger partial charge in [-0.15, -0.1) is 0 Å². The van der Waals surface area contributed by atoms with Crippen LogP contribution in [-0.2, 0) is 4.79 Å². The second-order valence-electron chi connectivity index (χ2n) is 7.48. The lowest BCUT2D eigenvalue weighted by atomic mass is 10.1. The molecule has 138 valence electrons. The smallest absolute Gasteiger partial charge is 0.222 e. The molecule has 0 aromatic rings. The first-order chi connectivity index (χ1) is 11.6. The molecular formula is C18H35N5O. The van der Waals surface area contributed by atoms with Crippen LogP contribution in [-0.4, -0.2) is 62.6 Å². The van der Waals surface area contributed by atoms with Gasteiger partial charge >= 0.3 is 0 Å². The van der Waals surface area contributed by atoms with Gasteiger partial charge in [-0.25, -0.2) is 0 Å². The Kier molecular flexibility index (Phi) is 7.82. The summed E-state index contributed by atoms with van der Waals surface area (Å²) < 4.78 is 0. The Morgan fingerprint density at radius 1 is 1.17 bits per heavy atom. The van der Waals surface area contributed by atoms with E-state index in [4.69, 9.17) is 0 Å². The summed E-state index contributed by atoms with van der Waals surface area (Å²) in [6.45, 7) is 8.69. The van der Waals surface area contributed by atoms with Crippen molar-refractivity contribution in [3.63, 3.8) is 0 Å². The van der Waals surface area contributed by atoms with Crippen LogP contribution in [0.5, 0.6) is 0 Å². The van der Waals surface area contributed by atoms with Crippen molar-refractivity contribution in [1.82, 2.24) is 20.9 Å². The maximum absolute atomic E-state index is 11.5. The van der Waals surface area contributed by atoms with Crippen molar-refractivity contribution < 1.29 is 4.79 Å². The lowest BCUT2D eigenvalue weighted by Gasteiger charge is -2.21. The topological polar surface area (TPSA) is 68.8 Å². The lowest BCUT2D eigenvalue weighted by molar-refractivity contribution is -0.123. The predicted molar refractivity (Wildman–Crippen MR) is 99.1 cm³/mol. The molecule has 0 spiro atoms. The fourth-order valence-electron chi connectivity index (χ4n) is 3.63. The van der Waals surface area contributed by atoms with Crippen LogP contribution in [0.1, 0.15) is 46.0 Å². The van der Waals surface area contributed by atoms with Gasteiger partial charge in [0, 0.05) is 51.7 Å². The Labute approximate surface area is 146 Å². The van der Waals surface area contributed by atoms with E-state index < -0.39 is 0 Å². The van der Waals surface area contributed by atoms with E-state index in [1.54, 1.807) is 7.05 Å². The Balaban J connectivity index is 1.61. The fourth-order valence-corrected chi connectivity index (χ4v) is 3.63. The summed E-state index contributed by atoms with van der Waals surface area (Å²) in [6, 6.07) is 0.475. The molecule has 6 heteroatoms. The Bertz CT molecular complexity index is 418. The normalized spacial score (nSPS) is 23.0. The molecule has 1 amide bonds. The van der Waals surface area contributed by atoms with Crippen molar-refractivity contribution in [3.8, 4) is 0 Å². The molecule has 1 saturated heterocycles. The standard InChI is InChI=1S/C18H35N5O/c1-14(2)17(24)20-9-10-21-18(19-3)22-16-8-11-23(13-16)12-15-6-4-5-7-15/h14-16H,4-13H2,1-3H3,(H,20,24)(H2,19,21,22). The molecule has 3 N–H and O–H groups in total. The number of carbonyl (C=O) groups is 1. The van der Waals surface area contributed by atoms with Crippen molar-refractivity contribution in [3.05, 3.63) is 0 Å². The number of hydrogen-bond acceptors (Lipinski definition) is 3. The van der Waals surface area contributed by atoms with E-state index in [0.717, 1.165) is 18.4 Å². The fraction of sp³-hybridized carbons (Fsp3) is 0.889. The monoisotopic (exact) mass is 337 g/mol. The molecule has 1 saturated carbocycles. The average molecular weight is 338 g/mol. The van der Waals surface area contributed by atoms with E-state index in [1.165, 1.54) is 45.2 Å². The molecule has 0 bridgehead atoms. The summed E-state index contributed by atoms with van der Waals surface area (Å²) in [6.07, 6.45) is 6.85. The van der Waals surface area contributed by atoms with E-state index in [1.807, 2.05) is 13.8 Å². The summed E-state index contributed by atoms with van der Waals surface area (Å²) in [5, 5.41) is 9.71. The number of nitrogens with zero attached hydrogens (tertiary/aromatic N) is 2. The largest absolute Gasteiger partial charge is 0.355 e. The third kappa shape index (κ3) is 6.30. The molecule has 2 rings (SSSR count). The maximum atomic E-state index is 11.5. The van der Waals surface area contributed by atoms with Crippen LogP contribution in [0.15, 0.2) is 4.99 Å². The van der Waals surface area contributed by atoms with Crippen LogP contribution in [0, 0.1) is 11.8 Å². The number of aliphatic imine (C=N–C) groups is 1. The SMILES string of the molecule is CN=C(NCCNC(=O)C(C)C)NC1CCN(CC2CCCC2)C1. The van der Waals surface area contributed by atoms with Crippen LogP contribution in [0.4, 0.5) is 0 Å². The number of rotatable bonds is 7. The number of amides is 1. The van der Waals surface area contributed by atoms with E-state index in [-0.39, 0.29) is 11.8 Å². The lowest BCUT2D eigenvalue weighted by Crippen LogP contribution is -2.46. The maximum Gasteiger partial charge on any atom is 0.222 e. The van der Waals surface area contributed by atoms with Crippen LogP contribution in [0.2, 0.25) is 0 Å². The molecule has 1 aliphatic heterocycles. The first-order valence-corrected chi connectivity index (χ1v) is 9.55. The average Bonchev–Trinajstić information content (AvgIpc) is 3.22. The molecule has 0 radical (unpaired) electrons. The highest BCUT2D eigenvalue weighted by Crippen LogP contribution is 2.26. The summed E-state index contributed by atoms with van der Waals surface area (Å²) >= 11 is 0. The highest BCUT2D eigenvalue weighted by molar-refractivity contribution is 5.80. The molecule has 6 nitrogen and oxygen atoms in total. The molecular weight excluding hydrogens is 302 g/mol. The van der Waals surface area contributed by atoms with Gasteiger partial charge in [0.1, 0.15) is 0 Å². The molecule has 0 aromatic carbocycles. The number of guanidine groups is 1. The van der Waals surface area contributed by atoms with Crippen LogP contribution in [0.25, 0.3) is 0 Å². The highest BCUT2D eigenvalue weighted by atomic mass is 16.1. The Morgan fingerprint density at radius 2 is 1.88 bits per heavy atom. The summed E-state index contributed by atoms with van der Waals surface area (Å²) in [7, 11) is 1.80. The van der Waals surface area contributed by atoms with Gasteiger partial charge < -0.3 is 20.9 Å². The van der Waals surface area contributed by atoms with Gasteiger partial charge in [-0.3, -0.25) is 9.79 Å². The van der Waals surface area contributed by atoms with Crippen LogP contribution in [0.3, 0.4) is 0 Å². The van der Waals surface area contributed by atoms with Crippen LogP contribution >= 0.6 is 0 Å². The zero-order valence-corrected chi connectivity index (χ0v) is 15.6. The zero-order chi connectivity index (χ0) is 17.4. The van der Waals surface area contributed by atoms with Crippen molar-refractivity contribution in [1.29, 1.82) is 0 Å². The molecule has 1 heterocycles. The van der Waals surface area contributed by atoms with Crippen molar-refractivity contribution in [2.45, 2.75) is 52.0 Å². The van der Waals surface area contributed by atoms with Crippen molar-refractivity contribution >= 4 is 11.9 Å². The minimum Gasteiger partial charge on any atom is -0.355 e. The molecule has 1 unspecified atom stereocenters. The Hall–Kier alpha value is -1.30. The minimum atomic E-state index is 0.0341. The molecule has 1 atom stereocenters. The quantitative estimate of drug-likeness (QED) is 0.371. The summed E-state index contributed by atoms with van der Waals surface area (Å²) in [5.41, 5.74) is 0. The number of nitrogens with one attached hydrogen (secondary N) is 3. The first-order valence-electron chi connectivity index (χ1n) is 9.55. The molecule has 2 fully saturated rings. The minimum absolute atomic E-state index is 0.0341. The number of likely N-dealkylation sites (tertiary alicyclic amines) is 1. The zero-order valence-electron chi connectivity index (χ0n) is 15.6. The van der Waals surface area contributed by atoms with Gasteiger partial charge in [-0.1, -0.05) is 26.7 Å². The second-order valence-corrected chi connectivity index (χ2v) is 7.48. The third-order valence-corrected chi connectivity index (χ3v) is 5.07. The molecule has 1 aliphatic carbocycles. The molecule has 2 aliphatic rings. The van der Waals surface area contributed by atoms with Crippen molar-refractivity contribution in [2.24, 2.45) is 16.8 Å². The van der Waals surface area contributed by atoms with Gasteiger partial charge in [0.15, 0.2) is 5.96 Å². The highest BCUT2D eigenvalue weighted by Gasteiger charge is 2.26. The van der Waals surface area contributed by atoms with Crippen molar-refractivity contribution in [2.75, 3.05) is 39.8 Å². The van der Waals surface area contributed by atoms with Gasteiger partial charge in [0.25, 0.3) is 0 Å². The van der Waals surface area contributed by atoms with E-state index in [2.05, 4.69) is 25.8 Å². The number of carbonyl (C=O) groups excluding carboxylic acids is 1. The molecule has 0 aromatic heterocycles. The van der Waals surface area contributed by atoms with Gasteiger partial charge in [-0.2, -0.15) is 0 Å². The van der Waals surface area contributed by atoms with E-state index in [0.29, 0.717) is 19.1 Å². The van der Waals surface area contributed by atoms with Gasteiger partial charge in [-0.05, 0) is 25.2 Å². The summed E-state index contributed by atoms with van der Waals surface area (Å²) in [4.78, 5) is 18.4.